The molecule has 6 heteroatoms. The molecule has 0 aliphatic heterocycles. The van der Waals surface area contributed by atoms with Crippen LogP contribution in [0.15, 0.2) is 0 Å². The molecule has 0 fully saturated rings. The molecule has 0 bridgehead atoms. The fraction of sp³-hybridized carbons (Fsp3) is 0.444. The van der Waals surface area contributed by atoms with Gasteiger partial charge in [-0.1, -0.05) is 0 Å². The highest BCUT2D eigenvalue weighted by Gasteiger charge is 2.25. The fourth-order valence-corrected chi connectivity index (χ4v) is 1.42. The Balaban J connectivity index is 3.17. The van der Waals surface area contributed by atoms with Crippen molar-refractivity contribution in [2.24, 2.45) is 0 Å². The minimum Gasteiger partial charge on any atom is -0.461 e. The lowest BCUT2D eigenvalue weighted by atomic mass is 10.2. The van der Waals surface area contributed by atoms with Gasteiger partial charge in [0.05, 0.1) is 22.8 Å². The zero-order valence-electron chi connectivity index (χ0n) is 8.79. The Morgan fingerprint density at radius 2 is 2.13 bits per heavy atom. The van der Waals surface area contributed by atoms with Crippen molar-refractivity contribution >= 4 is 11.7 Å². The van der Waals surface area contributed by atoms with E-state index in [-0.39, 0.29) is 18.0 Å². The number of rotatable bonds is 3. The number of aryl methyl sites for hydroxylation is 1. The molecule has 1 heterocycles. The number of aromatic nitrogens is 1. The summed E-state index contributed by atoms with van der Waals surface area (Å²) in [7, 11) is 0. The van der Waals surface area contributed by atoms with Gasteiger partial charge in [0.15, 0.2) is 0 Å². The quantitative estimate of drug-likeness (QED) is 0.469. The molecule has 0 radical (unpaired) electrons. The molecule has 0 saturated heterocycles. The number of hydrogen-bond donors (Lipinski definition) is 1. The van der Waals surface area contributed by atoms with Gasteiger partial charge in [-0.15, -0.1) is 0 Å². The van der Waals surface area contributed by atoms with Crippen LogP contribution in [0.4, 0.5) is 5.69 Å². The van der Waals surface area contributed by atoms with Crippen LogP contribution in [0, 0.1) is 24.0 Å². The van der Waals surface area contributed by atoms with Crippen LogP contribution in [0.3, 0.4) is 0 Å². The summed E-state index contributed by atoms with van der Waals surface area (Å²) in [4.78, 5) is 24.2. The number of nitro groups is 1. The number of hydrogen-bond acceptors (Lipinski definition) is 4. The molecule has 0 aromatic carbocycles. The van der Waals surface area contributed by atoms with Crippen molar-refractivity contribution in [1.82, 2.24) is 4.98 Å². The molecule has 15 heavy (non-hydrogen) atoms. The number of nitrogens with zero attached hydrogens (tertiary/aromatic N) is 1. The van der Waals surface area contributed by atoms with Gasteiger partial charge in [0.25, 0.3) is 5.69 Å². The highest BCUT2D eigenvalue weighted by molar-refractivity contribution is 5.90. The number of nitrogens with one attached hydrogen (secondary N) is 1. The molecule has 0 saturated carbocycles. The number of carbonyl (C=O) groups is 1. The van der Waals surface area contributed by atoms with Gasteiger partial charge in [0.2, 0.25) is 0 Å². The van der Waals surface area contributed by atoms with Gasteiger partial charge in [-0.25, -0.2) is 4.79 Å². The molecule has 1 rings (SSSR count). The second-order valence-corrected chi connectivity index (χ2v) is 3.08. The molecule has 6 nitrogen and oxygen atoms in total. The van der Waals surface area contributed by atoms with E-state index < -0.39 is 10.9 Å². The van der Waals surface area contributed by atoms with Crippen LogP contribution in [0.5, 0.6) is 0 Å². The van der Waals surface area contributed by atoms with Crippen LogP contribution < -0.4 is 0 Å². The Kier molecular flexibility index (Phi) is 3.08. The number of H-pyrrole nitrogens is 1. The summed E-state index contributed by atoms with van der Waals surface area (Å²) in [5.74, 6) is -0.564. The topological polar surface area (TPSA) is 85.2 Å². The summed E-state index contributed by atoms with van der Waals surface area (Å²) in [6.45, 7) is 4.99. The Labute approximate surface area is 86.4 Å². The molecule has 1 N–H and O–H groups in total. The zero-order valence-corrected chi connectivity index (χ0v) is 8.79. The standard InChI is InChI=1S/C9H12N2O4/c1-4-15-9(12)7-5(2)8(11(13)14)6(3)10-7/h10H,4H2,1-3H3. The predicted octanol–water partition coefficient (Wildman–Crippen LogP) is 1.72. The lowest BCUT2D eigenvalue weighted by Crippen LogP contribution is -2.06. The number of carbonyl (C=O) groups excluding carboxylic acids is 1. The highest BCUT2D eigenvalue weighted by Crippen LogP contribution is 2.25. The van der Waals surface area contributed by atoms with Crippen LogP contribution >= 0.6 is 0 Å². The third-order valence-electron chi connectivity index (χ3n) is 2.06. The molecule has 1 aromatic heterocycles. The van der Waals surface area contributed by atoms with Crippen molar-refractivity contribution in [3.8, 4) is 0 Å². The maximum Gasteiger partial charge on any atom is 0.355 e. The van der Waals surface area contributed by atoms with Crippen LogP contribution in [-0.2, 0) is 4.74 Å². The maximum absolute atomic E-state index is 11.4. The van der Waals surface area contributed by atoms with Crippen molar-refractivity contribution in [2.45, 2.75) is 20.8 Å². The van der Waals surface area contributed by atoms with E-state index in [1.165, 1.54) is 6.92 Å². The predicted molar refractivity (Wildman–Crippen MR) is 52.9 cm³/mol. The normalized spacial score (nSPS) is 10.1. The van der Waals surface area contributed by atoms with Gasteiger partial charge >= 0.3 is 5.97 Å². The van der Waals surface area contributed by atoms with Gasteiger partial charge in [0, 0.05) is 0 Å². The molecule has 0 aliphatic carbocycles. The van der Waals surface area contributed by atoms with Gasteiger partial charge in [-0.05, 0) is 20.8 Å². The van der Waals surface area contributed by atoms with Gasteiger partial charge in [0.1, 0.15) is 5.69 Å². The SMILES string of the molecule is CCOC(=O)c1[nH]c(C)c([N+](=O)[O-])c1C. The molecule has 0 atom stereocenters. The summed E-state index contributed by atoms with van der Waals surface area (Å²) in [5, 5.41) is 10.7. The van der Waals surface area contributed by atoms with Crippen molar-refractivity contribution in [3.63, 3.8) is 0 Å². The van der Waals surface area contributed by atoms with Gasteiger partial charge < -0.3 is 9.72 Å². The Morgan fingerprint density at radius 3 is 2.53 bits per heavy atom. The third kappa shape index (κ3) is 1.98. The van der Waals surface area contributed by atoms with E-state index in [4.69, 9.17) is 4.74 Å². The first-order chi connectivity index (χ1) is 6.99. The van der Waals surface area contributed by atoms with Crippen LogP contribution in [0.1, 0.15) is 28.7 Å². The summed E-state index contributed by atoms with van der Waals surface area (Å²) >= 11 is 0. The molecule has 0 unspecified atom stereocenters. The van der Waals surface area contributed by atoms with Gasteiger partial charge in [-0.3, -0.25) is 10.1 Å². The van der Waals surface area contributed by atoms with E-state index in [1.807, 2.05) is 0 Å². The first-order valence-electron chi connectivity index (χ1n) is 4.49. The van der Waals surface area contributed by atoms with Crippen LogP contribution in [0.2, 0.25) is 0 Å². The van der Waals surface area contributed by atoms with Crippen LogP contribution in [-0.4, -0.2) is 22.5 Å². The minimum absolute atomic E-state index is 0.0574. The fourth-order valence-electron chi connectivity index (χ4n) is 1.42. The molecular weight excluding hydrogens is 200 g/mol. The van der Waals surface area contributed by atoms with Crippen molar-refractivity contribution in [3.05, 3.63) is 27.1 Å². The minimum atomic E-state index is -0.564. The van der Waals surface area contributed by atoms with Crippen molar-refractivity contribution < 1.29 is 14.5 Å². The second kappa shape index (κ2) is 4.12. The third-order valence-corrected chi connectivity index (χ3v) is 2.06. The van der Waals surface area contributed by atoms with E-state index in [0.29, 0.717) is 11.3 Å². The highest BCUT2D eigenvalue weighted by atomic mass is 16.6. The maximum atomic E-state index is 11.4. The van der Waals surface area contributed by atoms with E-state index in [2.05, 4.69) is 4.98 Å². The van der Waals surface area contributed by atoms with E-state index in [0.717, 1.165) is 0 Å². The summed E-state index contributed by atoms with van der Waals surface area (Å²) in [6, 6.07) is 0. The molecule has 0 amide bonds. The second-order valence-electron chi connectivity index (χ2n) is 3.08. The zero-order chi connectivity index (χ0) is 11.6. The van der Waals surface area contributed by atoms with Gasteiger partial charge in [-0.2, -0.15) is 0 Å². The summed E-state index contributed by atoms with van der Waals surface area (Å²) in [6.07, 6.45) is 0. The largest absolute Gasteiger partial charge is 0.461 e. The molecular formula is C9H12N2O4. The summed E-state index contributed by atoms with van der Waals surface area (Å²) < 4.78 is 4.76. The molecule has 1 aromatic rings. The average molecular weight is 212 g/mol. The monoisotopic (exact) mass is 212 g/mol. The first kappa shape index (κ1) is 11.2. The lowest BCUT2D eigenvalue weighted by Gasteiger charge is -1.98. The summed E-state index contributed by atoms with van der Waals surface area (Å²) in [5.41, 5.74) is 0.774. The van der Waals surface area contributed by atoms with Crippen LogP contribution in [0.25, 0.3) is 0 Å². The Morgan fingerprint density at radius 1 is 1.53 bits per heavy atom. The number of aromatic amines is 1. The average Bonchev–Trinajstić information content (AvgIpc) is 2.42. The van der Waals surface area contributed by atoms with E-state index >= 15 is 0 Å². The first-order valence-corrected chi connectivity index (χ1v) is 4.49. The van der Waals surface area contributed by atoms with Crippen molar-refractivity contribution in [1.29, 1.82) is 0 Å². The Hall–Kier alpha value is -1.85. The molecule has 0 spiro atoms. The smallest absolute Gasteiger partial charge is 0.355 e. The number of esters is 1. The molecule has 0 aliphatic rings. The lowest BCUT2D eigenvalue weighted by molar-refractivity contribution is -0.385. The van der Waals surface area contributed by atoms with E-state index in [1.54, 1.807) is 13.8 Å². The van der Waals surface area contributed by atoms with Crippen molar-refractivity contribution in [2.75, 3.05) is 6.61 Å². The molecule has 82 valence electrons. The van der Waals surface area contributed by atoms with E-state index in [9.17, 15) is 14.9 Å². The Bertz CT molecular complexity index is 408. The number of ether oxygens (including phenoxy) is 1.